The van der Waals surface area contributed by atoms with Crippen molar-refractivity contribution in [2.45, 2.75) is 140 Å². The van der Waals surface area contributed by atoms with E-state index < -0.39 is 0 Å². The van der Waals surface area contributed by atoms with Gasteiger partial charge < -0.3 is 5.11 Å². The van der Waals surface area contributed by atoms with Crippen LogP contribution in [0.15, 0.2) is 11.0 Å². The van der Waals surface area contributed by atoms with E-state index in [1.807, 2.05) is 0 Å². The molecule has 6 heteroatoms. The molecule has 0 saturated heterocycles. The molecule has 1 aromatic rings. The number of hydrogen-bond acceptors (Lipinski definition) is 4. The molecule has 4 aliphatic rings. The minimum atomic E-state index is -0.0283. The van der Waals surface area contributed by atoms with Gasteiger partial charge in [-0.05, 0) is 51.4 Å². The monoisotopic (exact) mass is 430 g/mol. The molecule has 1 N–H and O–H groups in total. The normalized spacial score (nSPS) is 24.6. The van der Waals surface area contributed by atoms with Gasteiger partial charge in [0.25, 0.3) is 0 Å². The van der Waals surface area contributed by atoms with Gasteiger partial charge in [0.15, 0.2) is 0 Å². The Hall–Kier alpha value is -1.27. The van der Waals surface area contributed by atoms with E-state index in [-0.39, 0.29) is 11.6 Å². The Morgan fingerprint density at radius 3 is 1.42 bits per heavy atom. The van der Waals surface area contributed by atoms with E-state index in [9.17, 15) is 9.90 Å². The van der Waals surface area contributed by atoms with Crippen LogP contribution in [0.5, 0.6) is 5.88 Å². The molecule has 4 fully saturated rings. The van der Waals surface area contributed by atoms with Gasteiger partial charge in [0.1, 0.15) is 0 Å². The van der Waals surface area contributed by atoms with Gasteiger partial charge in [0.2, 0.25) is 5.88 Å². The van der Waals surface area contributed by atoms with Crippen LogP contribution >= 0.6 is 0 Å². The third-order valence-electron chi connectivity index (χ3n) is 8.82. The van der Waals surface area contributed by atoms with Crippen molar-refractivity contribution in [3.05, 3.63) is 16.7 Å². The first-order valence-corrected chi connectivity index (χ1v) is 13.2. The van der Waals surface area contributed by atoms with Crippen LogP contribution in [0.25, 0.3) is 0 Å². The highest BCUT2D eigenvalue weighted by Gasteiger charge is 2.33. The largest absolute Gasteiger partial charge is 0.493 e. The molecule has 5 rings (SSSR count). The Morgan fingerprint density at radius 2 is 1.03 bits per heavy atom. The molecule has 0 aliphatic heterocycles. The van der Waals surface area contributed by atoms with E-state index >= 15 is 0 Å². The van der Waals surface area contributed by atoms with Crippen molar-refractivity contribution in [1.82, 2.24) is 18.9 Å². The van der Waals surface area contributed by atoms with E-state index in [4.69, 9.17) is 0 Å². The number of rotatable bonds is 8. The first-order chi connectivity index (χ1) is 15.2. The van der Waals surface area contributed by atoms with Gasteiger partial charge in [0, 0.05) is 24.2 Å². The van der Waals surface area contributed by atoms with Gasteiger partial charge in [0.05, 0.1) is 19.5 Å². The third kappa shape index (κ3) is 4.61. The lowest BCUT2D eigenvalue weighted by molar-refractivity contribution is 0.0861. The van der Waals surface area contributed by atoms with Crippen LogP contribution in [0.2, 0.25) is 0 Å². The van der Waals surface area contributed by atoms with Crippen LogP contribution in [0, 0.1) is 0 Å². The molecule has 1 aromatic heterocycles. The molecule has 174 valence electrons. The molecular weight excluding hydrogens is 388 g/mol. The lowest BCUT2D eigenvalue weighted by Gasteiger charge is -2.35. The predicted octanol–water partition coefficient (Wildman–Crippen LogP) is 4.64. The van der Waals surface area contributed by atoms with Crippen molar-refractivity contribution < 1.29 is 5.11 Å². The summed E-state index contributed by atoms with van der Waals surface area (Å²) >= 11 is 0. The average molecular weight is 431 g/mol. The van der Waals surface area contributed by atoms with E-state index in [0.717, 1.165) is 0 Å². The Kier molecular flexibility index (Phi) is 6.75. The number of aromatic nitrogens is 2. The van der Waals surface area contributed by atoms with Crippen LogP contribution in [0.1, 0.15) is 103 Å². The van der Waals surface area contributed by atoms with E-state index in [1.54, 1.807) is 15.3 Å². The van der Waals surface area contributed by atoms with Gasteiger partial charge in [-0.2, -0.15) is 0 Å². The minimum Gasteiger partial charge on any atom is -0.493 e. The Bertz CT molecular complexity index is 731. The number of imidazole rings is 1. The van der Waals surface area contributed by atoms with Crippen LogP contribution < -0.4 is 5.69 Å². The van der Waals surface area contributed by atoms with Crippen LogP contribution in [-0.2, 0) is 13.3 Å². The SMILES string of the molecule is O=c1n(CN(C2CCCC2)C2CCCC2)cc(O)n1CN(C1CCCC1)C1CCCC1. The van der Waals surface area contributed by atoms with Crippen molar-refractivity contribution in [2.24, 2.45) is 0 Å². The molecule has 0 spiro atoms. The predicted molar refractivity (Wildman–Crippen MR) is 123 cm³/mol. The fourth-order valence-electron chi connectivity index (χ4n) is 7.09. The fourth-order valence-corrected chi connectivity index (χ4v) is 7.09. The van der Waals surface area contributed by atoms with Crippen LogP contribution in [-0.4, -0.2) is 48.2 Å². The summed E-state index contributed by atoms with van der Waals surface area (Å²) in [5, 5.41) is 10.8. The second-order valence-electron chi connectivity index (χ2n) is 10.7. The lowest BCUT2D eigenvalue weighted by atomic mass is 10.1. The van der Waals surface area contributed by atoms with E-state index in [2.05, 4.69) is 9.80 Å². The molecule has 6 nitrogen and oxygen atoms in total. The standard InChI is InChI=1S/C25H42N4O2/c30-24-17-26(18-27(20-9-1-2-10-20)21-11-3-4-12-21)25(31)29(24)19-28(22-13-5-6-14-22)23-15-7-8-16-23/h17,20-23,30H,1-16,18-19H2. The molecule has 0 atom stereocenters. The van der Waals surface area contributed by atoms with E-state index in [0.29, 0.717) is 37.5 Å². The minimum absolute atomic E-state index is 0.0283. The molecule has 4 saturated carbocycles. The average Bonchev–Trinajstić information content (AvgIpc) is 3.60. The summed E-state index contributed by atoms with van der Waals surface area (Å²) in [4.78, 5) is 18.6. The summed E-state index contributed by atoms with van der Waals surface area (Å²) in [6, 6.07) is 2.36. The van der Waals surface area contributed by atoms with Crippen molar-refractivity contribution in [1.29, 1.82) is 0 Å². The highest BCUT2D eigenvalue weighted by molar-refractivity contribution is 5.06. The maximum absolute atomic E-state index is 13.4. The van der Waals surface area contributed by atoms with Crippen molar-refractivity contribution in [3.63, 3.8) is 0 Å². The number of nitrogens with zero attached hydrogens (tertiary/aromatic N) is 4. The van der Waals surface area contributed by atoms with Crippen LogP contribution in [0.3, 0.4) is 0 Å². The topological polar surface area (TPSA) is 53.6 Å². The Morgan fingerprint density at radius 1 is 0.677 bits per heavy atom. The molecule has 0 unspecified atom stereocenters. The van der Waals surface area contributed by atoms with Gasteiger partial charge in [-0.15, -0.1) is 0 Å². The lowest BCUT2D eigenvalue weighted by Crippen LogP contribution is -2.46. The highest BCUT2D eigenvalue weighted by Crippen LogP contribution is 2.33. The van der Waals surface area contributed by atoms with Crippen molar-refractivity contribution in [3.8, 4) is 5.88 Å². The summed E-state index contributed by atoms with van der Waals surface area (Å²) in [7, 11) is 0. The van der Waals surface area contributed by atoms with Gasteiger partial charge in [-0.3, -0.25) is 14.4 Å². The number of hydrogen-bond donors (Lipinski definition) is 1. The van der Waals surface area contributed by atoms with Gasteiger partial charge >= 0.3 is 5.69 Å². The zero-order valence-electron chi connectivity index (χ0n) is 19.3. The van der Waals surface area contributed by atoms with Crippen molar-refractivity contribution in [2.75, 3.05) is 0 Å². The summed E-state index contributed by atoms with van der Waals surface area (Å²) in [6.45, 7) is 1.20. The second kappa shape index (κ2) is 9.70. The van der Waals surface area contributed by atoms with Gasteiger partial charge in [-0.25, -0.2) is 9.36 Å². The van der Waals surface area contributed by atoms with Gasteiger partial charge in [-0.1, -0.05) is 51.4 Å². The molecule has 31 heavy (non-hydrogen) atoms. The first-order valence-electron chi connectivity index (χ1n) is 13.2. The molecule has 0 bridgehead atoms. The summed E-state index contributed by atoms with van der Waals surface area (Å²) in [5.41, 5.74) is -0.0283. The van der Waals surface area contributed by atoms with Crippen molar-refractivity contribution >= 4 is 0 Å². The first kappa shape index (κ1) is 21.6. The smallest absolute Gasteiger partial charge is 0.333 e. The summed E-state index contributed by atoms with van der Waals surface area (Å²) in [6.07, 6.45) is 22.2. The zero-order valence-corrected chi connectivity index (χ0v) is 19.3. The molecule has 0 amide bonds. The molecule has 0 radical (unpaired) electrons. The third-order valence-corrected chi connectivity index (χ3v) is 8.82. The van der Waals surface area contributed by atoms with E-state index in [1.165, 1.54) is 103 Å². The Balaban J connectivity index is 1.35. The zero-order chi connectivity index (χ0) is 21.2. The summed E-state index contributed by atoms with van der Waals surface area (Å²) in [5.74, 6) is 0.142. The van der Waals surface area contributed by atoms with Crippen LogP contribution in [0.4, 0.5) is 0 Å². The maximum atomic E-state index is 13.4. The molecule has 1 heterocycles. The Labute approximate surface area is 187 Å². The maximum Gasteiger partial charge on any atom is 0.333 e. The highest BCUT2D eigenvalue weighted by atomic mass is 16.3. The molecule has 4 aliphatic carbocycles. The quantitative estimate of drug-likeness (QED) is 0.652. The second-order valence-corrected chi connectivity index (χ2v) is 10.7. The molecular formula is C25H42N4O2. The molecule has 0 aromatic carbocycles. The fraction of sp³-hybridized carbons (Fsp3) is 0.880. The summed E-state index contributed by atoms with van der Waals surface area (Å²) < 4.78 is 3.45. The number of aromatic hydroxyl groups is 1.